The lowest BCUT2D eigenvalue weighted by molar-refractivity contribution is -0.384. The molecule has 0 amide bonds. The van der Waals surface area contributed by atoms with Crippen LogP contribution in [-0.2, 0) is 0 Å². The van der Waals surface area contributed by atoms with Crippen LogP contribution in [0.2, 0.25) is 0 Å². The Kier molecular flexibility index (Phi) is 4.93. The van der Waals surface area contributed by atoms with Crippen molar-refractivity contribution in [2.45, 2.75) is 32.7 Å². The maximum Gasteiger partial charge on any atom is 0.292 e. The first-order chi connectivity index (χ1) is 10.1. The molecule has 0 bridgehead atoms. The number of hydrogen-bond acceptors (Lipinski definition) is 3. The minimum atomic E-state index is -0.330. The van der Waals surface area contributed by atoms with Crippen LogP contribution < -0.4 is 5.32 Å². The van der Waals surface area contributed by atoms with Gasteiger partial charge in [0, 0.05) is 6.07 Å². The number of nitro groups is 1. The Morgan fingerprint density at radius 3 is 2.52 bits per heavy atom. The van der Waals surface area contributed by atoms with E-state index in [0.29, 0.717) is 5.69 Å². The molecule has 2 aromatic rings. The second kappa shape index (κ2) is 6.88. The molecule has 0 heterocycles. The third kappa shape index (κ3) is 3.81. The number of nitrogens with zero attached hydrogens (tertiary/aromatic N) is 1. The van der Waals surface area contributed by atoms with Crippen LogP contribution in [-0.4, -0.2) is 4.92 Å². The minimum Gasteiger partial charge on any atom is -0.373 e. The van der Waals surface area contributed by atoms with Crippen LogP contribution >= 0.6 is 0 Å². The molecule has 110 valence electrons. The quantitative estimate of drug-likeness (QED) is 0.609. The molecular weight excluding hydrogens is 264 g/mol. The van der Waals surface area contributed by atoms with E-state index in [0.717, 1.165) is 24.0 Å². The molecule has 4 nitrogen and oxygen atoms in total. The van der Waals surface area contributed by atoms with Crippen molar-refractivity contribution in [3.05, 3.63) is 69.8 Å². The molecule has 1 N–H and O–H groups in total. The Hall–Kier alpha value is -2.36. The molecule has 2 aromatic carbocycles. The molecule has 0 fully saturated rings. The summed E-state index contributed by atoms with van der Waals surface area (Å²) in [6.45, 7) is 3.97. The standard InChI is InChI=1S/C17H20N2O2/c1-3-7-15(14-8-5-4-6-9-14)18-16-11-10-13(2)12-17(16)19(20)21/h4-6,8-12,15,18H,3,7H2,1-2H3. The monoisotopic (exact) mass is 284 g/mol. The first kappa shape index (κ1) is 15.0. The summed E-state index contributed by atoms with van der Waals surface area (Å²) >= 11 is 0. The highest BCUT2D eigenvalue weighted by atomic mass is 16.6. The van der Waals surface area contributed by atoms with E-state index in [-0.39, 0.29) is 16.7 Å². The second-order valence-electron chi connectivity index (χ2n) is 5.17. The molecule has 4 heteroatoms. The van der Waals surface area contributed by atoms with Crippen molar-refractivity contribution in [2.24, 2.45) is 0 Å². The summed E-state index contributed by atoms with van der Waals surface area (Å²) in [6, 6.07) is 15.4. The second-order valence-corrected chi connectivity index (χ2v) is 5.17. The summed E-state index contributed by atoms with van der Waals surface area (Å²) in [5.41, 5.74) is 2.74. The van der Waals surface area contributed by atoms with Crippen molar-refractivity contribution in [3.8, 4) is 0 Å². The third-order valence-corrected chi connectivity index (χ3v) is 3.46. The lowest BCUT2D eigenvalue weighted by Crippen LogP contribution is -2.11. The number of benzene rings is 2. The number of rotatable bonds is 6. The van der Waals surface area contributed by atoms with Gasteiger partial charge >= 0.3 is 0 Å². The molecule has 21 heavy (non-hydrogen) atoms. The van der Waals surface area contributed by atoms with E-state index in [2.05, 4.69) is 12.2 Å². The SMILES string of the molecule is CCCC(Nc1ccc(C)cc1[N+](=O)[O-])c1ccccc1. The molecule has 0 aliphatic rings. The molecule has 0 aliphatic carbocycles. The fourth-order valence-corrected chi connectivity index (χ4v) is 2.40. The smallest absolute Gasteiger partial charge is 0.292 e. The van der Waals surface area contributed by atoms with Crippen molar-refractivity contribution in [3.63, 3.8) is 0 Å². The Morgan fingerprint density at radius 2 is 1.90 bits per heavy atom. The van der Waals surface area contributed by atoms with Gasteiger partial charge in [-0.1, -0.05) is 49.7 Å². The molecule has 0 aromatic heterocycles. The van der Waals surface area contributed by atoms with E-state index in [9.17, 15) is 10.1 Å². The van der Waals surface area contributed by atoms with Gasteiger partial charge in [-0.2, -0.15) is 0 Å². The molecule has 0 radical (unpaired) electrons. The lowest BCUT2D eigenvalue weighted by Gasteiger charge is -2.20. The molecule has 0 saturated carbocycles. The van der Waals surface area contributed by atoms with Crippen LogP contribution in [0.3, 0.4) is 0 Å². The van der Waals surface area contributed by atoms with Crippen molar-refractivity contribution in [1.29, 1.82) is 0 Å². The van der Waals surface area contributed by atoms with E-state index in [1.807, 2.05) is 43.3 Å². The van der Waals surface area contributed by atoms with Crippen LogP contribution in [0.4, 0.5) is 11.4 Å². The largest absolute Gasteiger partial charge is 0.373 e. The normalized spacial score (nSPS) is 11.9. The molecule has 1 atom stereocenters. The highest BCUT2D eigenvalue weighted by Crippen LogP contribution is 2.30. The van der Waals surface area contributed by atoms with Crippen LogP contribution in [0.15, 0.2) is 48.5 Å². The fourth-order valence-electron chi connectivity index (χ4n) is 2.40. The van der Waals surface area contributed by atoms with E-state index < -0.39 is 0 Å². The summed E-state index contributed by atoms with van der Waals surface area (Å²) in [6.07, 6.45) is 1.93. The average molecular weight is 284 g/mol. The zero-order valence-electron chi connectivity index (χ0n) is 12.4. The number of aryl methyl sites for hydroxylation is 1. The Labute approximate surface area is 125 Å². The first-order valence-corrected chi connectivity index (χ1v) is 7.18. The highest BCUT2D eigenvalue weighted by Gasteiger charge is 2.18. The summed E-state index contributed by atoms with van der Waals surface area (Å²) in [4.78, 5) is 10.9. The van der Waals surface area contributed by atoms with Gasteiger partial charge in [0.2, 0.25) is 0 Å². The predicted octanol–water partition coefficient (Wildman–Crippen LogP) is 4.86. The van der Waals surface area contributed by atoms with Crippen LogP contribution in [0, 0.1) is 17.0 Å². The number of nitro benzene ring substituents is 1. The third-order valence-electron chi connectivity index (χ3n) is 3.46. The summed E-state index contributed by atoms with van der Waals surface area (Å²) in [5.74, 6) is 0. The molecule has 0 aliphatic heterocycles. The van der Waals surface area contributed by atoms with Gasteiger partial charge < -0.3 is 5.32 Å². The first-order valence-electron chi connectivity index (χ1n) is 7.18. The van der Waals surface area contributed by atoms with E-state index >= 15 is 0 Å². The van der Waals surface area contributed by atoms with E-state index in [4.69, 9.17) is 0 Å². The molecule has 2 rings (SSSR count). The Morgan fingerprint density at radius 1 is 1.19 bits per heavy atom. The topological polar surface area (TPSA) is 55.2 Å². The van der Waals surface area contributed by atoms with Gasteiger partial charge in [0.05, 0.1) is 11.0 Å². The Bertz CT molecular complexity index is 611. The molecule has 1 unspecified atom stereocenters. The minimum absolute atomic E-state index is 0.0811. The van der Waals surface area contributed by atoms with Crippen LogP contribution in [0.1, 0.15) is 36.9 Å². The van der Waals surface area contributed by atoms with Crippen molar-refractivity contribution < 1.29 is 4.92 Å². The van der Waals surface area contributed by atoms with Crippen LogP contribution in [0.25, 0.3) is 0 Å². The van der Waals surface area contributed by atoms with E-state index in [1.165, 1.54) is 0 Å². The number of nitrogens with one attached hydrogen (secondary N) is 1. The van der Waals surface area contributed by atoms with Crippen molar-refractivity contribution in [2.75, 3.05) is 5.32 Å². The van der Waals surface area contributed by atoms with Crippen molar-refractivity contribution in [1.82, 2.24) is 0 Å². The number of hydrogen-bond donors (Lipinski definition) is 1. The maximum absolute atomic E-state index is 11.2. The molecule has 0 spiro atoms. The summed E-state index contributed by atoms with van der Waals surface area (Å²) in [5, 5.41) is 14.5. The van der Waals surface area contributed by atoms with Gasteiger partial charge in [-0.3, -0.25) is 10.1 Å². The summed E-state index contributed by atoms with van der Waals surface area (Å²) in [7, 11) is 0. The zero-order valence-corrected chi connectivity index (χ0v) is 12.4. The van der Waals surface area contributed by atoms with Gasteiger partial charge in [0.15, 0.2) is 0 Å². The van der Waals surface area contributed by atoms with Crippen molar-refractivity contribution >= 4 is 11.4 Å². The number of anilines is 1. The van der Waals surface area contributed by atoms with Gasteiger partial charge in [-0.05, 0) is 30.5 Å². The maximum atomic E-state index is 11.2. The van der Waals surface area contributed by atoms with Gasteiger partial charge in [0.25, 0.3) is 5.69 Å². The highest BCUT2D eigenvalue weighted by molar-refractivity contribution is 5.63. The van der Waals surface area contributed by atoms with Gasteiger partial charge in [-0.15, -0.1) is 0 Å². The fraction of sp³-hybridized carbons (Fsp3) is 0.294. The lowest BCUT2D eigenvalue weighted by atomic mass is 10.0. The van der Waals surface area contributed by atoms with Gasteiger partial charge in [-0.25, -0.2) is 0 Å². The average Bonchev–Trinajstić information content (AvgIpc) is 2.49. The Balaban J connectivity index is 2.31. The zero-order chi connectivity index (χ0) is 15.2. The summed E-state index contributed by atoms with van der Waals surface area (Å²) < 4.78 is 0. The van der Waals surface area contributed by atoms with Crippen LogP contribution in [0.5, 0.6) is 0 Å². The predicted molar refractivity (Wildman–Crippen MR) is 85.5 cm³/mol. The van der Waals surface area contributed by atoms with E-state index in [1.54, 1.807) is 12.1 Å². The van der Waals surface area contributed by atoms with Gasteiger partial charge in [0.1, 0.15) is 5.69 Å². The molecule has 0 saturated heterocycles. The molecular formula is C17H20N2O2.